The van der Waals surface area contributed by atoms with Gasteiger partial charge in [0.05, 0.1) is 17.9 Å². The quantitative estimate of drug-likeness (QED) is 0.535. The van der Waals surface area contributed by atoms with Gasteiger partial charge in [-0.05, 0) is 30.7 Å². The molecule has 4 rings (SSSR count). The zero-order valence-electron chi connectivity index (χ0n) is 13.5. The highest BCUT2D eigenvalue weighted by atomic mass is 16.1. The van der Waals surface area contributed by atoms with Crippen LogP contribution in [0.5, 0.6) is 0 Å². The first-order valence-electron chi connectivity index (χ1n) is 7.92. The molecule has 1 atom stereocenters. The molecule has 2 heterocycles. The zero-order chi connectivity index (χ0) is 17.2. The van der Waals surface area contributed by atoms with Crippen LogP contribution in [-0.2, 0) is 0 Å². The van der Waals surface area contributed by atoms with Crippen LogP contribution in [0.2, 0.25) is 0 Å². The Morgan fingerprint density at radius 2 is 1.88 bits per heavy atom. The SMILES string of the molecule is C[C@@H](NC(=O)c1ccc2n[nH]nc2c1)c1ncc(-c2ccccc2)[nH]1. The molecule has 0 fully saturated rings. The van der Waals surface area contributed by atoms with Crippen molar-refractivity contribution >= 4 is 16.9 Å². The Labute approximate surface area is 143 Å². The van der Waals surface area contributed by atoms with Crippen molar-refractivity contribution in [3.8, 4) is 11.3 Å². The van der Waals surface area contributed by atoms with Gasteiger partial charge in [0.15, 0.2) is 0 Å². The fraction of sp³-hybridized carbons (Fsp3) is 0.111. The van der Waals surface area contributed by atoms with Crippen LogP contribution in [0.25, 0.3) is 22.3 Å². The van der Waals surface area contributed by atoms with Crippen LogP contribution in [0.1, 0.15) is 29.1 Å². The number of nitrogens with one attached hydrogen (secondary N) is 3. The summed E-state index contributed by atoms with van der Waals surface area (Å²) in [6.07, 6.45) is 1.77. The molecule has 0 saturated heterocycles. The average molecular weight is 332 g/mol. The molecule has 0 saturated carbocycles. The monoisotopic (exact) mass is 332 g/mol. The van der Waals surface area contributed by atoms with E-state index in [1.54, 1.807) is 24.4 Å². The fourth-order valence-electron chi connectivity index (χ4n) is 2.65. The van der Waals surface area contributed by atoms with Crippen molar-refractivity contribution < 1.29 is 4.79 Å². The lowest BCUT2D eigenvalue weighted by Crippen LogP contribution is -2.27. The number of benzene rings is 2. The van der Waals surface area contributed by atoms with Crippen molar-refractivity contribution in [3.05, 3.63) is 66.1 Å². The lowest BCUT2D eigenvalue weighted by molar-refractivity contribution is 0.0938. The summed E-state index contributed by atoms with van der Waals surface area (Å²) in [7, 11) is 0. The Hall–Kier alpha value is -3.48. The maximum Gasteiger partial charge on any atom is 0.251 e. The Morgan fingerprint density at radius 3 is 2.72 bits per heavy atom. The van der Waals surface area contributed by atoms with E-state index >= 15 is 0 Å². The van der Waals surface area contributed by atoms with Crippen molar-refractivity contribution in [3.63, 3.8) is 0 Å². The summed E-state index contributed by atoms with van der Waals surface area (Å²) in [5, 5.41) is 13.5. The first-order chi connectivity index (χ1) is 12.2. The van der Waals surface area contributed by atoms with Crippen LogP contribution in [0, 0.1) is 0 Å². The smallest absolute Gasteiger partial charge is 0.251 e. The van der Waals surface area contributed by atoms with Gasteiger partial charge < -0.3 is 10.3 Å². The number of carbonyl (C=O) groups excluding carboxylic acids is 1. The summed E-state index contributed by atoms with van der Waals surface area (Å²) in [5.74, 6) is 0.518. The Kier molecular flexibility index (Phi) is 3.74. The molecule has 0 radical (unpaired) electrons. The maximum atomic E-state index is 12.5. The Balaban J connectivity index is 1.50. The molecule has 2 aromatic heterocycles. The second-order valence-corrected chi connectivity index (χ2v) is 5.77. The lowest BCUT2D eigenvalue weighted by atomic mass is 10.1. The first kappa shape index (κ1) is 15.1. The van der Waals surface area contributed by atoms with Gasteiger partial charge in [-0.25, -0.2) is 4.98 Å². The third kappa shape index (κ3) is 2.99. The molecule has 7 nitrogen and oxygen atoms in total. The van der Waals surface area contributed by atoms with Gasteiger partial charge in [0.2, 0.25) is 0 Å². The van der Waals surface area contributed by atoms with Gasteiger partial charge in [0.1, 0.15) is 16.9 Å². The van der Waals surface area contributed by atoms with Crippen LogP contribution < -0.4 is 5.32 Å². The standard InChI is InChI=1S/C18H16N6O/c1-11(17-19-10-16(21-17)12-5-3-2-4-6-12)20-18(25)13-7-8-14-15(9-13)23-24-22-14/h2-11H,1H3,(H,19,21)(H,20,25)(H,22,23,24)/t11-/m1/s1. The van der Waals surface area contributed by atoms with Gasteiger partial charge in [-0.1, -0.05) is 30.3 Å². The maximum absolute atomic E-state index is 12.5. The van der Waals surface area contributed by atoms with Crippen molar-refractivity contribution in [2.75, 3.05) is 0 Å². The van der Waals surface area contributed by atoms with Crippen molar-refractivity contribution in [2.24, 2.45) is 0 Å². The number of hydrogen-bond donors (Lipinski definition) is 3. The molecule has 0 bridgehead atoms. The van der Waals surface area contributed by atoms with E-state index in [9.17, 15) is 4.79 Å². The van der Waals surface area contributed by atoms with Crippen molar-refractivity contribution in [1.29, 1.82) is 0 Å². The number of H-pyrrole nitrogens is 2. The highest BCUT2D eigenvalue weighted by molar-refractivity contribution is 5.97. The van der Waals surface area contributed by atoms with Gasteiger partial charge in [0, 0.05) is 5.56 Å². The molecule has 0 spiro atoms. The summed E-state index contributed by atoms with van der Waals surface area (Å²) < 4.78 is 0. The van der Waals surface area contributed by atoms with E-state index in [1.807, 2.05) is 37.3 Å². The molecule has 2 aromatic carbocycles. The number of fused-ring (bicyclic) bond motifs is 1. The van der Waals surface area contributed by atoms with Gasteiger partial charge in [-0.15, -0.1) is 0 Å². The average Bonchev–Trinajstić information content (AvgIpc) is 3.31. The highest BCUT2D eigenvalue weighted by Crippen LogP contribution is 2.19. The third-order valence-electron chi connectivity index (χ3n) is 4.02. The minimum absolute atomic E-state index is 0.185. The third-order valence-corrected chi connectivity index (χ3v) is 4.02. The normalized spacial score (nSPS) is 12.2. The summed E-state index contributed by atoms with van der Waals surface area (Å²) in [6, 6.07) is 14.9. The van der Waals surface area contributed by atoms with Crippen LogP contribution in [-0.4, -0.2) is 31.3 Å². The van der Waals surface area contributed by atoms with Crippen molar-refractivity contribution in [2.45, 2.75) is 13.0 Å². The summed E-state index contributed by atoms with van der Waals surface area (Å²) in [4.78, 5) is 20.1. The highest BCUT2D eigenvalue weighted by Gasteiger charge is 2.15. The largest absolute Gasteiger partial charge is 0.342 e. The number of hydrogen-bond acceptors (Lipinski definition) is 4. The van der Waals surface area contributed by atoms with E-state index in [0.717, 1.165) is 16.8 Å². The number of imidazole rings is 1. The van der Waals surface area contributed by atoms with Gasteiger partial charge in [-0.2, -0.15) is 15.4 Å². The summed E-state index contributed by atoms with van der Waals surface area (Å²) in [6.45, 7) is 1.89. The molecule has 7 heteroatoms. The number of nitrogens with zero attached hydrogens (tertiary/aromatic N) is 3. The molecular weight excluding hydrogens is 316 g/mol. The molecule has 3 N–H and O–H groups in total. The second kappa shape index (κ2) is 6.20. The lowest BCUT2D eigenvalue weighted by Gasteiger charge is -2.11. The van der Waals surface area contributed by atoms with Gasteiger partial charge in [0.25, 0.3) is 5.91 Å². The van der Waals surface area contributed by atoms with E-state index in [0.29, 0.717) is 16.9 Å². The molecule has 124 valence electrons. The minimum atomic E-state index is -0.252. The van der Waals surface area contributed by atoms with Crippen LogP contribution >= 0.6 is 0 Å². The van der Waals surface area contributed by atoms with E-state index in [2.05, 4.69) is 30.7 Å². The van der Waals surface area contributed by atoms with Crippen LogP contribution in [0.15, 0.2) is 54.7 Å². The second-order valence-electron chi connectivity index (χ2n) is 5.77. The number of carbonyl (C=O) groups is 1. The first-order valence-corrected chi connectivity index (χ1v) is 7.92. The predicted octanol–water partition coefficient (Wildman–Crippen LogP) is 2.84. The van der Waals surface area contributed by atoms with E-state index in [-0.39, 0.29) is 11.9 Å². The van der Waals surface area contributed by atoms with Crippen LogP contribution in [0.4, 0.5) is 0 Å². The van der Waals surface area contributed by atoms with Gasteiger partial charge in [-0.3, -0.25) is 4.79 Å². The molecule has 0 aliphatic carbocycles. The molecule has 0 aliphatic rings. The number of amides is 1. The molecule has 0 unspecified atom stereocenters. The van der Waals surface area contributed by atoms with E-state index in [4.69, 9.17) is 0 Å². The summed E-state index contributed by atoms with van der Waals surface area (Å²) in [5.41, 5.74) is 3.88. The van der Waals surface area contributed by atoms with Crippen LogP contribution in [0.3, 0.4) is 0 Å². The topological polar surface area (TPSA) is 99.3 Å². The molecule has 0 aliphatic heterocycles. The molecule has 25 heavy (non-hydrogen) atoms. The number of aromatic amines is 2. The summed E-state index contributed by atoms with van der Waals surface area (Å²) >= 11 is 0. The van der Waals surface area contributed by atoms with E-state index in [1.165, 1.54) is 0 Å². The molecule has 4 aromatic rings. The number of aromatic nitrogens is 5. The Bertz CT molecular complexity index is 1020. The van der Waals surface area contributed by atoms with Crippen molar-refractivity contribution in [1.82, 2.24) is 30.7 Å². The zero-order valence-corrected chi connectivity index (χ0v) is 13.5. The molecule has 1 amide bonds. The fourth-order valence-corrected chi connectivity index (χ4v) is 2.65. The van der Waals surface area contributed by atoms with E-state index < -0.39 is 0 Å². The minimum Gasteiger partial charge on any atom is -0.342 e. The Morgan fingerprint density at radius 1 is 1.08 bits per heavy atom. The number of rotatable bonds is 4. The predicted molar refractivity (Wildman–Crippen MR) is 93.8 cm³/mol. The van der Waals surface area contributed by atoms with Gasteiger partial charge >= 0.3 is 0 Å². The molecular formula is C18H16N6O.